The van der Waals surface area contributed by atoms with Crippen LogP contribution in [0.3, 0.4) is 0 Å². The molecule has 0 saturated carbocycles. The Labute approximate surface area is 106 Å². The minimum atomic E-state index is 0.574. The van der Waals surface area contributed by atoms with Gasteiger partial charge in [-0.05, 0) is 40.3 Å². The molecule has 0 atom stereocenters. The van der Waals surface area contributed by atoms with Gasteiger partial charge < -0.3 is 10.6 Å². The lowest BCUT2D eigenvalue weighted by molar-refractivity contribution is 0.555. The maximum Gasteiger partial charge on any atom is 0.0206 e. The first-order valence-electron chi connectivity index (χ1n) is 5.37. The van der Waals surface area contributed by atoms with E-state index in [4.69, 9.17) is 0 Å². The molecule has 1 rings (SSSR count). The summed E-state index contributed by atoms with van der Waals surface area (Å²) in [4.78, 5) is 0. The van der Waals surface area contributed by atoms with Crippen molar-refractivity contribution in [2.75, 3.05) is 13.1 Å². The third kappa shape index (κ3) is 6.12. The quantitative estimate of drug-likeness (QED) is 0.622. The molecular weight excluding hydrogens is 299 g/mol. The van der Waals surface area contributed by atoms with Gasteiger partial charge in [0.15, 0.2) is 0 Å². The molecule has 0 heterocycles. The van der Waals surface area contributed by atoms with E-state index >= 15 is 0 Å². The first kappa shape index (κ1) is 12.9. The van der Waals surface area contributed by atoms with Crippen LogP contribution < -0.4 is 10.6 Å². The van der Waals surface area contributed by atoms with Crippen LogP contribution in [0.5, 0.6) is 0 Å². The molecular formula is C12H19IN2. The third-order valence-electron chi connectivity index (χ3n) is 2.10. The number of hydrogen-bond donors (Lipinski definition) is 2. The Morgan fingerprint density at radius 1 is 1.13 bits per heavy atom. The second kappa shape index (κ2) is 7.19. The van der Waals surface area contributed by atoms with Gasteiger partial charge in [-0.25, -0.2) is 0 Å². The predicted octanol–water partition coefficient (Wildman–Crippen LogP) is 2.38. The Bertz CT molecular complexity index is 269. The van der Waals surface area contributed by atoms with Crippen molar-refractivity contribution in [1.82, 2.24) is 10.6 Å². The highest BCUT2D eigenvalue weighted by atomic mass is 127. The summed E-state index contributed by atoms with van der Waals surface area (Å²) in [5.41, 5.74) is 1.35. The lowest BCUT2D eigenvalue weighted by Crippen LogP contribution is -2.31. The topological polar surface area (TPSA) is 24.1 Å². The molecule has 0 aliphatic carbocycles. The Hall–Kier alpha value is -0.130. The summed E-state index contributed by atoms with van der Waals surface area (Å²) < 4.78 is 1.29. The number of nitrogens with one attached hydrogen (secondary N) is 2. The van der Waals surface area contributed by atoms with Crippen molar-refractivity contribution in [1.29, 1.82) is 0 Å². The Morgan fingerprint density at radius 2 is 1.80 bits per heavy atom. The highest BCUT2D eigenvalue weighted by Crippen LogP contribution is 2.05. The van der Waals surface area contributed by atoms with E-state index in [0.717, 1.165) is 19.6 Å². The molecule has 2 nitrogen and oxygen atoms in total. The molecule has 0 radical (unpaired) electrons. The van der Waals surface area contributed by atoms with Gasteiger partial charge in [0.1, 0.15) is 0 Å². The van der Waals surface area contributed by atoms with E-state index < -0.39 is 0 Å². The summed E-state index contributed by atoms with van der Waals surface area (Å²) in [5.74, 6) is 0. The number of hydrogen-bond acceptors (Lipinski definition) is 2. The molecule has 0 aliphatic rings. The van der Waals surface area contributed by atoms with Crippen molar-refractivity contribution in [3.05, 3.63) is 33.4 Å². The first-order valence-corrected chi connectivity index (χ1v) is 6.45. The summed E-state index contributed by atoms with van der Waals surface area (Å²) in [7, 11) is 0. The molecule has 0 aliphatic heterocycles. The molecule has 15 heavy (non-hydrogen) atoms. The van der Waals surface area contributed by atoms with E-state index in [1.165, 1.54) is 9.13 Å². The van der Waals surface area contributed by atoms with Crippen LogP contribution in [0.1, 0.15) is 19.4 Å². The maximum absolute atomic E-state index is 3.41. The SMILES string of the molecule is CC(C)NCCNCc1ccc(I)cc1. The molecule has 1 aromatic carbocycles. The minimum Gasteiger partial charge on any atom is -0.313 e. The molecule has 0 saturated heterocycles. The zero-order valence-corrected chi connectivity index (χ0v) is 11.5. The highest BCUT2D eigenvalue weighted by Gasteiger charge is 1.93. The lowest BCUT2D eigenvalue weighted by Gasteiger charge is -2.09. The summed E-state index contributed by atoms with van der Waals surface area (Å²) in [6.07, 6.45) is 0. The van der Waals surface area contributed by atoms with Crippen molar-refractivity contribution in [2.24, 2.45) is 0 Å². The predicted molar refractivity (Wildman–Crippen MR) is 74.0 cm³/mol. The van der Waals surface area contributed by atoms with Crippen molar-refractivity contribution in [2.45, 2.75) is 26.4 Å². The average molecular weight is 318 g/mol. The molecule has 1 aromatic rings. The van der Waals surface area contributed by atoms with Gasteiger partial charge in [0.25, 0.3) is 0 Å². The number of halogens is 1. The summed E-state index contributed by atoms with van der Waals surface area (Å²) in [6, 6.07) is 9.20. The normalized spacial score (nSPS) is 10.9. The van der Waals surface area contributed by atoms with Gasteiger partial charge in [-0.3, -0.25) is 0 Å². The van der Waals surface area contributed by atoms with Crippen LogP contribution >= 0.6 is 22.6 Å². The summed E-state index contributed by atoms with van der Waals surface area (Å²) in [5, 5.41) is 6.79. The fraction of sp³-hybridized carbons (Fsp3) is 0.500. The van der Waals surface area contributed by atoms with Crippen LogP contribution in [-0.2, 0) is 6.54 Å². The van der Waals surface area contributed by atoms with E-state index in [9.17, 15) is 0 Å². The van der Waals surface area contributed by atoms with Gasteiger partial charge in [0.05, 0.1) is 0 Å². The van der Waals surface area contributed by atoms with Crippen LogP contribution in [0.2, 0.25) is 0 Å². The molecule has 0 amide bonds. The van der Waals surface area contributed by atoms with Gasteiger partial charge in [-0.15, -0.1) is 0 Å². The van der Waals surface area contributed by atoms with E-state index in [2.05, 4.69) is 71.3 Å². The maximum atomic E-state index is 3.41. The molecule has 0 spiro atoms. The van der Waals surface area contributed by atoms with Crippen molar-refractivity contribution >= 4 is 22.6 Å². The van der Waals surface area contributed by atoms with E-state index in [1.54, 1.807) is 0 Å². The monoisotopic (exact) mass is 318 g/mol. The second-order valence-electron chi connectivity index (χ2n) is 3.91. The fourth-order valence-electron chi connectivity index (χ4n) is 1.28. The first-order chi connectivity index (χ1) is 7.18. The van der Waals surface area contributed by atoms with Gasteiger partial charge in [0.2, 0.25) is 0 Å². The van der Waals surface area contributed by atoms with Gasteiger partial charge in [-0.2, -0.15) is 0 Å². The van der Waals surface area contributed by atoms with Crippen molar-refractivity contribution in [3.8, 4) is 0 Å². The average Bonchev–Trinajstić information content (AvgIpc) is 2.20. The van der Waals surface area contributed by atoms with Crippen LogP contribution in [-0.4, -0.2) is 19.1 Å². The van der Waals surface area contributed by atoms with Gasteiger partial charge in [-0.1, -0.05) is 26.0 Å². The van der Waals surface area contributed by atoms with Crippen LogP contribution in [0.25, 0.3) is 0 Å². The smallest absolute Gasteiger partial charge is 0.0206 e. The molecule has 2 N–H and O–H groups in total. The Kier molecular flexibility index (Phi) is 6.20. The molecule has 0 fully saturated rings. The van der Waals surface area contributed by atoms with Gasteiger partial charge in [0, 0.05) is 29.2 Å². The van der Waals surface area contributed by atoms with E-state index in [-0.39, 0.29) is 0 Å². The molecule has 0 bridgehead atoms. The molecule has 84 valence electrons. The lowest BCUT2D eigenvalue weighted by atomic mass is 10.2. The van der Waals surface area contributed by atoms with Crippen LogP contribution in [0.15, 0.2) is 24.3 Å². The second-order valence-corrected chi connectivity index (χ2v) is 5.16. The Balaban J connectivity index is 2.12. The van der Waals surface area contributed by atoms with E-state index in [0.29, 0.717) is 6.04 Å². The zero-order valence-electron chi connectivity index (χ0n) is 9.39. The van der Waals surface area contributed by atoms with E-state index in [1.807, 2.05) is 0 Å². The fourth-order valence-corrected chi connectivity index (χ4v) is 1.64. The van der Waals surface area contributed by atoms with Crippen molar-refractivity contribution in [3.63, 3.8) is 0 Å². The number of rotatable bonds is 6. The van der Waals surface area contributed by atoms with Crippen LogP contribution in [0.4, 0.5) is 0 Å². The van der Waals surface area contributed by atoms with Crippen LogP contribution in [0, 0.1) is 3.57 Å². The standard InChI is InChI=1S/C12H19IN2/c1-10(2)15-8-7-14-9-11-3-5-12(13)6-4-11/h3-6,10,14-15H,7-9H2,1-2H3. The molecule has 0 unspecified atom stereocenters. The summed E-state index contributed by atoms with van der Waals surface area (Å²) in [6.45, 7) is 7.33. The van der Waals surface area contributed by atoms with Gasteiger partial charge >= 0.3 is 0 Å². The van der Waals surface area contributed by atoms with Crippen molar-refractivity contribution < 1.29 is 0 Å². The molecule has 0 aromatic heterocycles. The number of benzene rings is 1. The minimum absolute atomic E-state index is 0.574. The zero-order chi connectivity index (χ0) is 11.1. The molecule has 3 heteroatoms. The largest absolute Gasteiger partial charge is 0.313 e. The summed E-state index contributed by atoms with van der Waals surface area (Å²) >= 11 is 2.32. The Morgan fingerprint density at radius 3 is 2.40 bits per heavy atom. The third-order valence-corrected chi connectivity index (χ3v) is 2.82. The highest BCUT2D eigenvalue weighted by molar-refractivity contribution is 14.1.